The molecular formula is C20H15ClN2O5. The fraction of sp³-hybridized carbons (Fsp3) is 0.0500. The first-order chi connectivity index (χ1) is 13.5. The Bertz CT molecular complexity index is 1060. The molecule has 0 fully saturated rings. The van der Waals surface area contributed by atoms with E-state index in [1.807, 2.05) is 0 Å². The van der Waals surface area contributed by atoms with Crippen molar-refractivity contribution in [2.75, 3.05) is 7.11 Å². The van der Waals surface area contributed by atoms with E-state index in [0.29, 0.717) is 17.1 Å². The lowest BCUT2D eigenvalue weighted by Crippen LogP contribution is -2.17. The zero-order valence-corrected chi connectivity index (χ0v) is 15.4. The van der Waals surface area contributed by atoms with E-state index in [9.17, 15) is 14.7 Å². The number of methoxy groups -OCH3 is 1. The molecule has 142 valence electrons. The molecule has 1 amide bonds. The van der Waals surface area contributed by atoms with E-state index in [0.717, 1.165) is 0 Å². The summed E-state index contributed by atoms with van der Waals surface area (Å²) in [6.45, 7) is 0. The molecule has 0 aliphatic heterocycles. The first-order valence-corrected chi connectivity index (χ1v) is 8.47. The number of amides is 1. The number of nitrogens with one attached hydrogen (secondary N) is 1. The molecule has 2 aromatic carbocycles. The van der Waals surface area contributed by atoms with Crippen molar-refractivity contribution < 1.29 is 23.8 Å². The highest BCUT2D eigenvalue weighted by molar-refractivity contribution is 6.33. The number of phenols is 1. The Morgan fingerprint density at radius 3 is 2.64 bits per heavy atom. The van der Waals surface area contributed by atoms with Crippen LogP contribution in [0.15, 0.2) is 64.1 Å². The molecular weight excluding hydrogens is 384 g/mol. The highest BCUT2D eigenvalue weighted by atomic mass is 35.5. The van der Waals surface area contributed by atoms with Crippen molar-refractivity contribution in [2.24, 2.45) is 5.10 Å². The summed E-state index contributed by atoms with van der Waals surface area (Å²) in [6.07, 6.45) is 1.33. The maximum Gasteiger partial charge on any atom is 0.339 e. The van der Waals surface area contributed by atoms with Crippen LogP contribution < -0.4 is 5.43 Å². The van der Waals surface area contributed by atoms with Gasteiger partial charge in [-0.15, -0.1) is 0 Å². The highest BCUT2D eigenvalue weighted by Gasteiger charge is 2.13. The van der Waals surface area contributed by atoms with Crippen molar-refractivity contribution in [3.8, 4) is 17.1 Å². The number of para-hydroxylation sites is 1. The van der Waals surface area contributed by atoms with E-state index >= 15 is 0 Å². The normalized spacial score (nSPS) is 10.8. The van der Waals surface area contributed by atoms with Gasteiger partial charge in [-0.05, 0) is 36.4 Å². The number of hydrogen-bond donors (Lipinski definition) is 2. The van der Waals surface area contributed by atoms with Crippen LogP contribution in [0.2, 0.25) is 5.02 Å². The number of ether oxygens (including phenoxy) is 1. The summed E-state index contributed by atoms with van der Waals surface area (Å²) in [5.74, 6) is -0.314. The van der Waals surface area contributed by atoms with E-state index in [4.69, 9.17) is 16.0 Å². The minimum atomic E-state index is -0.550. The molecule has 0 aliphatic carbocycles. The van der Waals surface area contributed by atoms with E-state index in [1.54, 1.807) is 42.5 Å². The van der Waals surface area contributed by atoms with Crippen molar-refractivity contribution in [3.63, 3.8) is 0 Å². The summed E-state index contributed by atoms with van der Waals surface area (Å²) in [7, 11) is 1.28. The number of carbonyl (C=O) groups excluding carboxylic acids is 2. The fourth-order valence-corrected chi connectivity index (χ4v) is 2.66. The third-order valence-corrected chi connectivity index (χ3v) is 4.10. The zero-order chi connectivity index (χ0) is 20.1. The quantitative estimate of drug-likeness (QED) is 0.386. The lowest BCUT2D eigenvalue weighted by atomic mass is 10.1. The second-order valence-corrected chi connectivity index (χ2v) is 6.01. The van der Waals surface area contributed by atoms with Crippen LogP contribution in [0.25, 0.3) is 11.3 Å². The molecule has 0 saturated heterocycles. The van der Waals surface area contributed by atoms with Crippen LogP contribution in [0.4, 0.5) is 0 Å². The number of benzene rings is 2. The topological polar surface area (TPSA) is 101 Å². The molecule has 0 spiro atoms. The maximum atomic E-state index is 12.0. The van der Waals surface area contributed by atoms with Crippen molar-refractivity contribution in [1.29, 1.82) is 0 Å². The Balaban J connectivity index is 1.70. The van der Waals surface area contributed by atoms with Crippen molar-refractivity contribution in [3.05, 3.63) is 76.5 Å². The van der Waals surface area contributed by atoms with Crippen LogP contribution in [0.3, 0.4) is 0 Å². The number of hydrogen-bond acceptors (Lipinski definition) is 6. The lowest BCUT2D eigenvalue weighted by molar-refractivity contribution is 0.0600. The number of phenolic OH excluding ortho intramolecular Hbond substituents is 1. The monoisotopic (exact) mass is 398 g/mol. The summed E-state index contributed by atoms with van der Waals surface area (Å²) < 4.78 is 10.3. The van der Waals surface area contributed by atoms with Gasteiger partial charge in [0.1, 0.15) is 17.3 Å². The molecule has 0 radical (unpaired) electrons. The number of aromatic hydroxyl groups is 1. The van der Waals surface area contributed by atoms with E-state index < -0.39 is 11.9 Å². The first-order valence-electron chi connectivity index (χ1n) is 8.09. The second-order valence-electron chi connectivity index (χ2n) is 5.60. The third kappa shape index (κ3) is 4.21. The van der Waals surface area contributed by atoms with Gasteiger partial charge in [-0.2, -0.15) is 5.10 Å². The molecule has 1 aromatic heterocycles. The molecule has 0 bridgehead atoms. The predicted octanol–water partition coefficient (Wildman–Crippen LogP) is 3.86. The molecule has 8 heteroatoms. The molecule has 7 nitrogen and oxygen atoms in total. The highest BCUT2D eigenvalue weighted by Crippen LogP contribution is 2.27. The maximum absolute atomic E-state index is 12.0. The van der Waals surface area contributed by atoms with Crippen LogP contribution in [0.5, 0.6) is 5.75 Å². The lowest BCUT2D eigenvalue weighted by Gasteiger charge is -2.04. The van der Waals surface area contributed by atoms with Crippen LogP contribution in [-0.2, 0) is 4.74 Å². The van der Waals surface area contributed by atoms with Crippen LogP contribution in [-0.4, -0.2) is 30.3 Å². The molecule has 0 saturated carbocycles. The Kier molecular flexibility index (Phi) is 5.76. The van der Waals surface area contributed by atoms with Crippen LogP contribution >= 0.6 is 11.6 Å². The van der Waals surface area contributed by atoms with E-state index in [-0.39, 0.29) is 21.9 Å². The molecule has 1 heterocycles. The minimum absolute atomic E-state index is 0.111. The number of rotatable bonds is 5. The smallest absolute Gasteiger partial charge is 0.339 e. The van der Waals surface area contributed by atoms with Gasteiger partial charge in [0.05, 0.1) is 29.5 Å². The summed E-state index contributed by atoms with van der Waals surface area (Å²) in [4.78, 5) is 23.5. The largest absolute Gasteiger partial charge is 0.507 e. The summed E-state index contributed by atoms with van der Waals surface area (Å²) in [5.41, 5.74) is 3.34. The Morgan fingerprint density at radius 2 is 1.93 bits per heavy atom. The molecule has 3 rings (SSSR count). The SMILES string of the molecule is COC(=O)c1ccc(-c2ccc(/C=N/NC(=O)c3ccccc3O)o2)cc1Cl. The van der Waals surface area contributed by atoms with Gasteiger partial charge in [-0.25, -0.2) is 10.2 Å². The molecule has 0 unspecified atom stereocenters. The van der Waals surface area contributed by atoms with Gasteiger partial charge in [0.25, 0.3) is 5.91 Å². The average molecular weight is 399 g/mol. The average Bonchev–Trinajstić information content (AvgIpc) is 3.16. The first kappa shape index (κ1) is 19.2. The number of nitrogens with zero attached hydrogens (tertiary/aromatic N) is 1. The summed E-state index contributed by atoms with van der Waals surface area (Å²) in [6, 6.07) is 14.3. The summed E-state index contributed by atoms with van der Waals surface area (Å²) >= 11 is 6.11. The van der Waals surface area contributed by atoms with Gasteiger partial charge in [-0.3, -0.25) is 4.79 Å². The van der Waals surface area contributed by atoms with Gasteiger partial charge in [0, 0.05) is 5.56 Å². The number of furan rings is 1. The Hall–Kier alpha value is -3.58. The minimum Gasteiger partial charge on any atom is -0.507 e. The summed E-state index contributed by atoms with van der Waals surface area (Å²) in [5, 5.41) is 13.7. The van der Waals surface area contributed by atoms with Crippen LogP contribution in [0, 0.1) is 0 Å². The number of carbonyl (C=O) groups is 2. The third-order valence-electron chi connectivity index (χ3n) is 3.79. The Labute approximate surface area is 165 Å². The molecule has 0 atom stereocenters. The van der Waals surface area contributed by atoms with E-state index in [2.05, 4.69) is 15.3 Å². The molecule has 28 heavy (non-hydrogen) atoms. The fourth-order valence-electron chi connectivity index (χ4n) is 2.40. The van der Waals surface area contributed by atoms with Crippen molar-refractivity contribution in [2.45, 2.75) is 0 Å². The van der Waals surface area contributed by atoms with Gasteiger partial charge < -0.3 is 14.3 Å². The number of halogens is 1. The van der Waals surface area contributed by atoms with Gasteiger partial charge in [-0.1, -0.05) is 29.8 Å². The van der Waals surface area contributed by atoms with Crippen molar-refractivity contribution >= 4 is 29.7 Å². The number of esters is 1. The van der Waals surface area contributed by atoms with Crippen molar-refractivity contribution in [1.82, 2.24) is 5.43 Å². The van der Waals surface area contributed by atoms with Gasteiger partial charge in [0.2, 0.25) is 0 Å². The van der Waals surface area contributed by atoms with Gasteiger partial charge in [0.15, 0.2) is 0 Å². The standard InChI is InChI=1S/C20H15ClN2O5/c1-27-20(26)14-8-6-12(10-16(14)21)18-9-7-13(28-18)11-22-23-19(25)15-4-2-3-5-17(15)24/h2-11,24H,1H3,(H,23,25)/b22-11+. The predicted molar refractivity (Wildman–Crippen MR) is 104 cm³/mol. The molecule has 0 aliphatic rings. The van der Waals surface area contributed by atoms with E-state index in [1.165, 1.54) is 25.5 Å². The number of hydrazone groups is 1. The van der Waals surface area contributed by atoms with Gasteiger partial charge >= 0.3 is 5.97 Å². The zero-order valence-electron chi connectivity index (χ0n) is 14.7. The Morgan fingerprint density at radius 1 is 1.14 bits per heavy atom. The molecule has 2 N–H and O–H groups in total. The second kappa shape index (κ2) is 8.41. The molecule has 3 aromatic rings. The van der Waals surface area contributed by atoms with Crippen LogP contribution in [0.1, 0.15) is 26.5 Å².